The largest absolute Gasteiger partial charge is 0.393 e. The lowest BCUT2D eigenvalue weighted by molar-refractivity contribution is 0.0387. The second kappa shape index (κ2) is 6.51. The molecule has 3 heteroatoms. The molecule has 3 N–H and O–H groups in total. The highest BCUT2D eigenvalue weighted by Gasteiger charge is 2.29. The van der Waals surface area contributed by atoms with E-state index in [-0.39, 0.29) is 12.1 Å². The van der Waals surface area contributed by atoms with E-state index in [9.17, 15) is 5.11 Å². The van der Waals surface area contributed by atoms with Crippen molar-refractivity contribution in [3.63, 3.8) is 0 Å². The van der Waals surface area contributed by atoms with Crippen LogP contribution in [0.5, 0.6) is 0 Å². The standard InChI is InChI=1S/C16H26N2O/c1-3-16(19)14-8-15(17)11-18(10-14)9-13-7-5-4-6-12(13)2/h4-7,14-16,19H,3,8-11,17H2,1-2H3. The summed E-state index contributed by atoms with van der Waals surface area (Å²) in [6.07, 6.45) is 1.54. The molecule has 0 spiro atoms. The number of hydrogen-bond donors (Lipinski definition) is 2. The van der Waals surface area contributed by atoms with Gasteiger partial charge in [0.25, 0.3) is 0 Å². The van der Waals surface area contributed by atoms with Crippen molar-refractivity contribution in [2.75, 3.05) is 13.1 Å². The van der Waals surface area contributed by atoms with Crippen LogP contribution in [0, 0.1) is 12.8 Å². The monoisotopic (exact) mass is 262 g/mol. The van der Waals surface area contributed by atoms with Gasteiger partial charge in [0.15, 0.2) is 0 Å². The Hall–Kier alpha value is -0.900. The maximum atomic E-state index is 10.1. The minimum Gasteiger partial charge on any atom is -0.393 e. The number of piperidine rings is 1. The first-order chi connectivity index (χ1) is 9.10. The van der Waals surface area contributed by atoms with Crippen molar-refractivity contribution < 1.29 is 5.11 Å². The van der Waals surface area contributed by atoms with Crippen LogP contribution in [0.2, 0.25) is 0 Å². The van der Waals surface area contributed by atoms with Crippen molar-refractivity contribution in [1.82, 2.24) is 4.90 Å². The molecular weight excluding hydrogens is 236 g/mol. The Balaban J connectivity index is 2.02. The van der Waals surface area contributed by atoms with Gasteiger partial charge in [-0.15, -0.1) is 0 Å². The molecule has 0 radical (unpaired) electrons. The summed E-state index contributed by atoms with van der Waals surface area (Å²) in [6.45, 7) is 7.01. The van der Waals surface area contributed by atoms with Gasteiger partial charge < -0.3 is 10.8 Å². The molecule has 1 heterocycles. The van der Waals surface area contributed by atoms with Crippen LogP contribution in [-0.2, 0) is 6.54 Å². The summed E-state index contributed by atoms with van der Waals surface area (Å²) in [5.41, 5.74) is 8.84. The van der Waals surface area contributed by atoms with Crippen molar-refractivity contribution in [2.24, 2.45) is 11.7 Å². The first-order valence-corrected chi connectivity index (χ1v) is 7.30. The smallest absolute Gasteiger partial charge is 0.0578 e. The molecule has 3 nitrogen and oxygen atoms in total. The summed E-state index contributed by atoms with van der Waals surface area (Å²) in [4.78, 5) is 2.39. The third kappa shape index (κ3) is 3.78. The maximum absolute atomic E-state index is 10.1. The summed E-state index contributed by atoms with van der Waals surface area (Å²) < 4.78 is 0. The molecule has 3 atom stereocenters. The van der Waals surface area contributed by atoms with E-state index < -0.39 is 0 Å². The van der Waals surface area contributed by atoms with Gasteiger partial charge in [-0.2, -0.15) is 0 Å². The van der Waals surface area contributed by atoms with Gasteiger partial charge in [-0.1, -0.05) is 31.2 Å². The third-order valence-electron chi connectivity index (χ3n) is 4.21. The van der Waals surface area contributed by atoms with Crippen LogP contribution in [0.3, 0.4) is 0 Å². The highest BCUT2D eigenvalue weighted by molar-refractivity contribution is 5.25. The molecule has 0 amide bonds. The number of likely N-dealkylation sites (tertiary alicyclic amines) is 1. The molecule has 3 unspecified atom stereocenters. The minimum atomic E-state index is -0.217. The van der Waals surface area contributed by atoms with Gasteiger partial charge in [0.2, 0.25) is 0 Å². The molecular formula is C16H26N2O. The predicted molar refractivity (Wildman–Crippen MR) is 78.8 cm³/mol. The number of aliphatic hydroxyl groups is 1. The molecule has 1 aromatic rings. The van der Waals surface area contributed by atoms with Gasteiger partial charge in [-0.25, -0.2) is 0 Å². The zero-order valence-corrected chi connectivity index (χ0v) is 12.0. The van der Waals surface area contributed by atoms with Crippen molar-refractivity contribution in [3.8, 4) is 0 Å². The van der Waals surface area contributed by atoms with Crippen molar-refractivity contribution in [3.05, 3.63) is 35.4 Å². The van der Waals surface area contributed by atoms with Crippen LogP contribution >= 0.6 is 0 Å². The summed E-state index contributed by atoms with van der Waals surface area (Å²) in [5.74, 6) is 0.317. The number of nitrogens with zero attached hydrogens (tertiary/aromatic N) is 1. The van der Waals surface area contributed by atoms with Crippen molar-refractivity contribution in [1.29, 1.82) is 0 Å². The molecule has 2 rings (SSSR count). The van der Waals surface area contributed by atoms with E-state index in [1.165, 1.54) is 11.1 Å². The molecule has 0 aromatic heterocycles. The molecule has 106 valence electrons. The SMILES string of the molecule is CCC(O)C1CC(N)CN(Cc2ccccc2C)C1. The topological polar surface area (TPSA) is 49.5 Å². The zero-order chi connectivity index (χ0) is 13.8. The Morgan fingerprint density at radius 1 is 1.37 bits per heavy atom. The number of aliphatic hydroxyl groups excluding tert-OH is 1. The van der Waals surface area contributed by atoms with Crippen LogP contribution in [0.4, 0.5) is 0 Å². The van der Waals surface area contributed by atoms with E-state index in [4.69, 9.17) is 5.73 Å². The Morgan fingerprint density at radius 3 is 2.79 bits per heavy atom. The van der Waals surface area contributed by atoms with Crippen LogP contribution in [0.25, 0.3) is 0 Å². The van der Waals surface area contributed by atoms with E-state index >= 15 is 0 Å². The van der Waals surface area contributed by atoms with Crippen LogP contribution in [0.15, 0.2) is 24.3 Å². The third-order valence-corrected chi connectivity index (χ3v) is 4.21. The average Bonchev–Trinajstić information content (AvgIpc) is 2.40. The summed E-state index contributed by atoms with van der Waals surface area (Å²) in [7, 11) is 0. The molecule has 0 saturated carbocycles. The Labute approximate surface area is 116 Å². The zero-order valence-electron chi connectivity index (χ0n) is 12.0. The fourth-order valence-corrected chi connectivity index (χ4v) is 3.05. The highest BCUT2D eigenvalue weighted by Crippen LogP contribution is 2.23. The number of nitrogens with two attached hydrogens (primary N) is 1. The molecule has 19 heavy (non-hydrogen) atoms. The van der Waals surface area contributed by atoms with Gasteiger partial charge >= 0.3 is 0 Å². The molecule has 1 aromatic carbocycles. The maximum Gasteiger partial charge on any atom is 0.0578 e. The van der Waals surface area contributed by atoms with Crippen LogP contribution in [0.1, 0.15) is 30.9 Å². The van der Waals surface area contributed by atoms with Gasteiger partial charge in [-0.3, -0.25) is 4.90 Å². The quantitative estimate of drug-likeness (QED) is 0.871. The highest BCUT2D eigenvalue weighted by atomic mass is 16.3. The fourth-order valence-electron chi connectivity index (χ4n) is 3.05. The van der Waals surface area contributed by atoms with E-state index in [0.717, 1.165) is 32.5 Å². The van der Waals surface area contributed by atoms with Crippen LogP contribution in [-0.4, -0.2) is 35.2 Å². The average molecular weight is 262 g/mol. The Kier molecular flexibility index (Phi) is 4.97. The molecule has 1 fully saturated rings. The lowest BCUT2D eigenvalue weighted by Gasteiger charge is -2.38. The normalized spacial score (nSPS) is 26.3. The first-order valence-electron chi connectivity index (χ1n) is 7.30. The summed E-state index contributed by atoms with van der Waals surface area (Å²) >= 11 is 0. The second-order valence-corrected chi connectivity index (χ2v) is 5.85. The fraction of sp³-hybridized carbons (Fsp3) is 0.625. The number of benzene rings is 1. The molecule has 1 aliphatic rings. The predicted octanol–water partition coefficient (Wildman–Crippen LogP) is 1.92. The Morgan fingerprint density at radius 2 is 2.11 bits per heavy atom. The molecule has 0 aliphatic carbocycles. The molecule has 1 aliphatic heterocycles. The van der Waals surface area contributed by atoms with E-state index in [0.29, 0.717) is 5.92 Å². The number of hydrogen-bond acceptors (Lipinski definition) is 3. The van der Waals surface area contributed by atoms with E-state index in [1.807, 2.05) is 6.92 Å². The van der Waals surface area contributed by atoms with Crippen molar-refractivity contribution >= 4 is 0 Å². The molecule has 1 saturated heterocycles. The summed E-state index contributed by atoms with van der Waals surface area (Å²) in [6, 6.07) is 8.68. The van der Waals surface area contributed by atoms with Crippen molar-refractivity contribution in [2.45, 2.75) is 45.4 Å². The Bertz CT molecular complexity index is 407. The first kappa shape index (κ1) is 14.5. The second-order valence-electron chi connectivity index (χ2n) is 5.85. The van der Waals surface area contributed by atoms with E-state index in [1.54, 1.807) is 0 Å². The minimum absolute atomic E-state index is 0.184. The van der Waals surface area contributed by atoms with E-state index in [2.05, 4.69) is 36.1 Å². The number of aryl methyl sites for hydroxylation is 1. The van der Waals surface area contributed by atoms with Gasteiger partial charge in [0.05, 0.1) is 6.10 Å². The number of rotatable bonds is 4. The lowest BCUT2D eigenvalue weighted by atomic mass is 9.88. The van der Waals surface area contributed by atoms with Gasteiger partial charge in [0, 0.05) is 25.7 Å². The lowest BCUT2D eigenvalue weighted by Crippen LogP contribution is -2.49. The van der Waals surface area contributed by atoms with Gasteiger partial charge in [-0.05, 0) is 36.8 Å². The van der Waals surface area contributed by atoms with Gasteiger partial charge in [0.1, 0.15) is 0 Å². The summed E-state index contributed by atoms with van der Waals surface area (Å²) in [5, 5.41) is 10.1. The molecule has 0 bridgehead atoms. The van der Waals surface area contributed by atoms with Crippen LogP contribution < -0.4 is 5.73 Å².